The zero-order valence-corrected chi connectivity index (χ0v) is 16.8. The molecule has 1 N–H and O–H groups in total. The first-order valence-corrected chi connectivity index (χ1v) is 9.62. The van der Waals surface area contributed by atoms with Gasteiger partial charge in [-0.1, -0.05) is 22.9 Å². The van der Waals surface area contributed by atoms with E-state index in [2.05, 4.69) is 15.4 Å². The second kappa shape index (κ2) is 8.03. The lowest BCUT2D eigenvalue weighted by atomic mass is 10.3. The van der Waals surface area contributed by atoms with Crippen molar-refractivity contribution in [2.75, 3.05) is 13.2 Å². The van der Waals surface area contributed by atoms with Gasteiger partial charge in [-0.05, 0) is 13.8 Å². The summed E-state index contributed by atoms with van der Waals surface area (Å²) < 4.78 is 45.8. The van der Waals surface area contributed by atoms with Gasteiger partial charge in [0.1, 0.15) is 5.15 Å². The standard InChI is InChI=1S/C16H15ClF3N5O3S/c1-3-21-13(27)12-14(28-4-2)29-15-22-8(5-11(26)25(12)15)7-24-10(17)6-9(23-24)16(18,19)20/h5-6H,3-4,7H2,1-2H3,(H,21,27). The Labute approximate surface area is 170 Å². The minimum Gasteiger partial charge on any atom is -0.482 e. The molecule has 29 heavy (non-hydrogen) atoms. The number of hydrogen-bond acceptors (Lipinski definition) is 6. The molecule has 0 aliphatic heterocycles. The van der Waals surface area contributed by atoms with Crippen molar-refractivity contribution in [2.24, 2.45) is 0 Å². The number of hydrogen-bond donors (Lipinski definition) is 1. The highest BCUT2D eigenvalue weighted by atomic mass is 35.5. The van der Waals surface area contributed by atoms with Crippen LogP contribution in [-0.2, 0) is 12.7 Å². The fourth-order valence-corrected chi connectivity index (χ4v) is 3.81. The first-order chi connectivity index (χ1) is 13.7. The van der Waals surface area contributed by atoms with Crippen LogP contribution >= 0.6 is 22.9 Å². The lowest BCUT2D eigenvalue weighted by Gasteiger charge is -2.06. The van der Waals surface area contributed by atoms with E-state index in [-0.39, 0.29) is 39.7 Å². The van der Waals surface area contributed by atoms with Gasteiger partial charge in [-0.2, -0.15) is 18.3 Å². The summed E-state index contributed by atoms with van der Waals surface area (Å²) in [6, 6.07) is 1.81. The predicted octanol–water partition coefficient (Wildman–Crippen LogP) is 2.82. The molecule has 0 aliphatic carbocycles. The molecule has 156 valence electrons. The largest absolute Gasteiger partial charge is 0.482 e. The number of carbonyl (C=O) groups is 1. The van der Waals surface area contributed by atoms with E-state index < -0.39 is 23.3 Å². The predicted molar refractivity (Wildman–Crippen MR) is 99.9 cm³/mol. The molecule has 3 heterocycles. The number of nitrogens with zero attached hydrogens (tertiary/aromatic N) is 4. The molecule has 0 fully saturated rings. The second-order valence-corrected chi connectivity index (χ2v) is 7.07. The molecule has 8 nitrogen and oxygen atoms in total. The van der Waals surface area contributed by atoms with Crippen LogP contribution in [0.3, 0.4) is 0 Å². The summed E-state index contributed by atoms with van der Waals surface area (Å²) in [5, 5.41) is 6.00. The summed E-state index contributed by atoms with van der Waals surface area (Å²) in [6.45, 7) is 3.82. The lowest BCUT2D eigenvalue weighted by Crippen LogP contribution is -2.28. The minimum absolute atomic E-state index is 0.0224. The van der Waals surface area contributed by atoms with Crippen LogP contribution in [0.25, 0.3) is 4.96 Å². The van der Waals surface area contributed by atoms with E-state index in [1.165, 1.54) is 0 Å². The summed E-state index contributed by atoms with van der Waals surface area (Å²) in [6.07, 6.45) is -4.65. The summed E-state index contributed by atoms with van der Waals surface area (Å²) in [7, 11) is 0. The highest BCUT2D eigenvalue weighted by molar-refractivity contribution is 7.19. The first-order valence-electron chi connectivity index (χ1n) is 8.42. The summed E-state index contributed by atoms with van der Waals surface area (Å²) >= 11 is 6.81. The summed E-state index contributed by atoms with van der Waals surface area (Å²) in [5.74, 6) is -0.496. The van der Waals surface area contributed by atoms with Crippen molar-refractivity contribution in [3.05, 3.63) is 44.7 Å². The highest BCUT2D eigenvalue weighted by Gasteiger charge is 2.34. The Morgan fingerprint density at radius 3 is 2.66 bits per heavy atom. The van der Waals surface area contributed by atoms with Crippen LogP contribution in [0.15, 0.2) is 16.9 Å². The molecule has 13 heteroatoms. The average Bonchev–Trinajstić information content (AvgIpc) is 3.16. The van der Waals surface area contributed by atoms with Crippen LogP contribution in [0.1, 0.15) is 35.7 Å². The fraction of sp³-hybridized carbons (Fsp3) is 0.375. The third kappa shape index (κ3) is 4.22. The second-order valence-electron chi connectivity index (χ2n) is 5.74. The van der Waals surface area contributed by atoms with Gasteiger partial charge < -0.3 is 10.1 Å². The molecular formula is C16H15ClF3N5O3S. The van der Waals surface area contributed by atoms with Crippen molar-refractivity contribution < 1.29 is 22.7 Å². The van der Waals surface area contributed by atoms with E-state index in [4.69, 9.17) is 16.3 Å². The smallest absolute Gasteiger partial charge is 0.435 e. The Bertz CT molecular complexity index is 1120. The molecule has 0 spiro atoms. The molecule has 0 unspecified atom stereocenters. The van der Waals surface area contributed by atoms with Gasteiger partial charge in [0.15, 0.2) is 11.4 Å². The number of halogens is 4. The molecule has 0 radical (unpaired) electrons. The summed E-state index contributed by atoms with van der Waals surface area (Å²) in [4.78, 5) is 29.4. The number of fused-ring (bicyclic) bond motifs is 1. The lowest BCUT2D eigenvalue weighted by molar-refractivity contribution is -0.141. The van der Waals surface area contributed by atoms with Gasteiger partial charge in [0.05, 0.1) is 18.8 Å². The maximum Gasteiger partial charge on any atom is 0.435 e. The zero-order chi connectivity index (χ0) is 21.3. The van der Waals surface area contributed by atoms with Gasteiger partial charge in [-0.15, -0.1) is 0 Å². The van der Waals surface area contributed by atoms with Gasteiger partial charge in [0.25, 0.3) is 11.5 Å². The number of rotatable bonds is 6. The Balaban J connectivity index is 2.05. The van der Waals surface area contributed by atoms with E-state index >= 15 is 0 Å². The fourth-order valence-electron chi connectivity index (χ4n) is 2.55. The normalized spacial score (nSPS) is 11.8. The summed E-state index contributed by atoms with van der Waals surface area (Å²) in [5.41, 5.74) is -1.56. The average molecular weight is 450 g/mol. The van der Waals surface area contributed by atoms with Crippen LogP contribution in [0, 0.1) is 0 Å². The molecule has 0 saturated heterocycles. The molecule has 0 aromatic carbocycles. The van der Waals surface area contributed by atoms with Crippen molar-refractivity contribution in [1.29, 1.82) is 0 Å². The molecule has 3 rings (SSSR count). The number of carbonyl (C=O) groups excluding carboxylic acids is 1. The van der Waals surface area contributed by atoms with Gasteiger partial charge in [0, 0.05) is 18.7 Å². The first kappa shape index (κ1) is 21.1. The van der Waals surface area contributed by atoms with Crippen LogP contribution < -0.4 is 15.6 Å². The van der Waals surface area contributed by atoms with E-state index in [1.54, 1.807) is 13.8 Å². The van der Waals surface area contributed by atoms with E-state index in [0.29, 0.717) is 12.6 Å². The molecule has 0 atom stereocenters. The number of thiazole rings is 1. The zero-order valence-electron chi connectivity index (χ0n) is 15.2. The van der Waals surface area contributed by atoms with Crippen LogP contribution in [0.5, 0.6) is 5.06 Å². The number of alkyl halides is 3. The number of nitrogens with one attached hydrogen (secondary N) is 1. The van der Waals surface area contributed by atoms with Crippen LogP contribution in [0.2, 0.25) is 5.15 Å². The van der Waals surface area contributed by atoms with Crippen molar-refractivity contribution in [1.82, 2.24) is 24.5 Å². The SMILES string of the molecule is CCNC(=O)c1c(OCC)sc2nc(Cn3nc(C(F)(F)F)cc3Cl)cc(=O)n12. The third-order valence-electron chi connectivity index (χ3n) is 3.70. The maximum absolute atomic E-state index is 12.8. The Hall–Kier alpha value is -2.60. The van der Waals surface area contributed by atoms with Crippen molar-refractivity contribution in [3.8, 4) is 5.06 Å². The number of ether oxygens (including phenoxy) is 1. The molecule has 0 aliphatic rings. The minimum atomic E-state index is -4.65. The quantitative estimate of drug-likeness (QED) is 0.625. The highest BCUT2D eigenvalue weighted by Crippen LogP contribution is 2.31. The Kier molecular flexibility index (Phi) is 5.85. The monoisotopic (exact) mass is 449 g/mol. The molecule has 1 amide bonds. The third-order valence-corrected chi connectivity index (χ3v) is 4.96. The van der Waals surface area contributed by atoms with Crippen molar-refractivity contribution >= 4 is 33.8 Å². The van der Waals surface area contributed by atoms with E-state index in [9.17, 15) is 22.8 Å². The molecular weight excluding hydrogens is 435 g/mol. The van der Waals surface area contributed by atoms with Gasteiger partial charge in [0.2, 0.25) is 10.0 Å². The van der Waals surface area contributed by atoms with Crippen molar-refractivity contribution in [2.45, 2.75) is 26.6 Å². The Morgan fingerprint density at radius 2 is 2.07 bits per heavy atom. The molecule has 0 saturated carbocycles. The molecule has 3 aromatic heterocycles. The number of amides is 1. The molecule has 3 aromatic rings. The van der Waals surface area contributed by atoms with Gasteiger partial charge in [-0.25, -0.2) is 14.1 Å². The number of aromatic nitrogens is 4. The molecule has 0 bridgehead atoms. The van der Waals surface area contributed by atoms with E-state index in [0.717, 1.165) is 26.5 Å². The van der Waals surface area contributed by atoms with Gasteiger partial charge in [-0.3, -0.25) is 9.59 Å². The van der Waals surface area contributed by atoms with E-state index in [1.807, 2.05) is 0 Å². The van der Waals surface area contributed by atoms with Gasteiger partial charge >= 0.3 is 6.18 Å². The van der Waals surface area contributed by atoms with Crippen LogP contribution in [0.4, 0.5) is 13.2 Å². The van der Waals surface area contributed by atoms with Crippen LogP contribution in [-0.4, -0.2) is 38.2 Å². The Morgan fingerprint density at radius 1 is 1.34 bits per heavy atom. The topological polar surface area (TPSA) is 90.5 Å². The maximum atomic E-state index is 12.8. The van der Waals surface area contributed by atoms with Crippen molar-refractivity contribution in [3.63, 3.8) is 0 Å².